The molecule has 0 aliphatic carbocycles. The second kappa shape index (κ2) is 7.67. The summed E-state index contributed by atoms with van der Waals surface area (Å²) < 4.78 is 5.62. The van der Waals surface area contributed by atoms with Crippen LogP contribution in [0.15, 0.2) is 64.1 Å². The molecular formula is C17H11ClN4O5. The van der Waals surface area contributed by atoms with Crippen LogP contribution >= 0.6 is 11.6 Å². The number of hydrogen-bond acceptors (Lipinski definition) is 7. The number of non-ortho nitro benzene ring substituents is 1. The van der Waals surface area contributed by atoms with Gasteiger partial charge in [0.1, 0.15) is 17.2 Å². The predicted molar refractivity (Wildman–Crippen MR) is 100 cm³/mol. The fourth-order valence-corrected chi connectivity index (χ4v) is 2.36. The van der Waals surface area contributed by atoms with Gasteiger partial charge in [-0.25, -0.2) is 0 Å². The van der Waals surface area contributed by atoms with Crippen molar-refractivity contribution in [2.75, 3.05) is 5.43 Å². The van der Waals surface area contributed by atoms with E-state index in [1.54, 1.807) is 36.4 Å². The van der Waals surface area contributed by atoms with E-state index < -0.39 is 15.5 Å². The van der Waals surface area contributed by atoms with Crippen molar-refractivity contribution in [3.63, 3.8) is 0 Å². The molecule has 0 atom stereocenters. The minimum absolute atomic E-state index is 0.0198. The molecule has 0 fully saturated rings. The number of hydrogen-bond donors (Lipinski definition) is 1. The highest BCUT2D eigenvalue weighted by Gasteiger charge is 2.19. The summed E-state index contributed by atoms with van der Waals surface area (Å²) in [6, 6.07) is 13.7. The van der Waals surface area contributed by atoms with Gasteiger partial charge in [-0.2, -0.15) is 5.10 Å². The van der Waals surface area contributed by atoms with Gasteiger partial charge >= 0.3 is 5.69 Å². The minimum atomic E-state index is -0.726. The van der Waals surface area contributed by atoms with Crippen LogP contribution in [-0.2, 0) is 0 Å². The first kappa shape index (κ1) is 18.1. The van der Waals surface area contributed by atoms with Crippen LogP contribution in [-0.4, -0.2) is 16.1 Å². The quantitative estimate of drug-likeness (QED) is 0.366. The Hall–Kier alpha value is -3.72. The number of nitrogens with zero attached hydrogens (tertiary/aromatic N) is 3. The average Bonchev–Trinajstić information content (AvgIpc) is 3.11. The third kappa shape index (κ3) is 4.28. The van der Waals surface area contributed by atoms with Crippen LogP contribution in [0.1, 0.15) is 5.76 Å². The summed E-state index contributed by atoms with van der Waals surface area (Å²) >= 11 is 5.85. The van der Waals surface area contributed by atoms with Crippen molar-refractivity contribution in [2.45, 2.75) is 0 Å². The van der Waals surface area contributed by atoms with E-state index in [1.807, 2.05) is 0 Å². The van der Waals surface area contributed by atoms with Gasteiger partial charge < -0.3 is 4.42 Å². The molecule has 0 unspecified atom stereocenters. The molecule has 0 spiro atoms. The molecule has 0 aliphatic heterocycles. The lowest BCUT2D eigenvalue weighted by atomic mass is 10.2. The molecule has 0 amide bonds. The molecule has 0 radical (unpaired) electrons. The van der Waals surface area contributed by atoms with Gasteiger partial charge in [-0.05, 0) is 42.5 Å². The average molecular weight is 387 g/mol. The zero-order chi connectivity index (χ0) is 19.4. The fraction of sp³-hybridized carbons (Fsp3) is 0. The van der Waals surface area contributed by atoms with Crippen molar-refractivity contribution in [3.8, 4) is 11.3 Å². The number of benzene rings is 2. The highest BCUT2D eigenvalue weighted by Crippen LogP contribution is 2.29. The summed E-state index contributed by atoms with van der Waals surface area (Å²) in [6.07, 6.45) is 1.34. The monoisotopic (exact) mass is 386 g/mol. The molecule has 0 aliphatic rings. The predicted octanol–water partition coefficient (Wildman–Crippen LogP) is 4.86. The molecule has 1 heterocycles. The van der Waals surface area contributed by atoms with E-state index in [9.17, 15) is 20.2 Å². The van der Waals surface area contributed by atoms with Crippen molar-refractivity contribution < 1.29 is 14.3 Å². The highest BCUT2D eigenvalue weighted by atomic mass is 35.5. The molecule has 9 nitrogen and oxygen atoms in total. The summed E-state index contributed by atoms with van der Waals surface area (Å²) in [7, 11) is 0. The topological polar surface area (TPSA) is 124 Å². The van der Waals surface area contributed by atoms with E-state index in [2.05, 4.69) is 10.5 Å². The van der Waals surface area contributed by atoms with Crippen LogP contribution in [0.4, 0.5) is 17.1 Å². The number of nitro groups is 2. The Morgan fingerprint density at radius 2 is 1.74 bits per heavy atom. The lowest BCUT2D eigenvalue weighted by Crippen LogP contribution is -1.98. The van der Waals surface area contributed by atoms with E-state index in [1.165, 1.54) is 12.3 Å². The Bertz CT molecular complexity index is 1030. The molecule has 0 saturated carbocycles. The van der Waals surface area contributed by atoms with Crippen molar-refractivity contribution in [1.82, 2.24) is 0 Å². The summed E-state index contributed by atoms with van der Waals surface area (Å²) in [5, 5.41) is 26.3. The molecule has 2 aromatic carbocycles. The Balaban J connectivity index is 1.75. The van der Waals surface area contributed by atoms with Crippen LogP contribution in [0, 0.1) is 20.2 Å². The van der Waals surface area contributed by atoms with Gasteiger partial charge in [0, 0.05) is 16.7 Å². The zero-order valence-electron chi connectivity index (χ0n) is 13.5. The fourth-order valence-electron chi connectivity index (χ4n) is 2.24. The smallest absolute Gasteiger partial charge is 0.301 e. The third-order valence-corrected chi connectivity index (χ3v) is 3.77. The third-order valence-electron chi connectivity index (χ3n) is 3.52. The molecule has 3 aromatic rings. The number of anilines is 1. The summed E-state index contributed by atoms with van der Waals surface area (Å²) in [5.41, 5.74) is 2.51. The van der Waals surface area contributed by atoms with E-state index in [-0.39, 0.29) is 11.4 Å². The van der Waals surface area contributed by atoms with Crippen molar-refractivity contribution in [1.29, 1.82) is 0 Å². The number of nitrogens with one attached hydrogen (secondary N) is 1. The van der Waals surface area contributed by atoms with Crippen LogP contribution in [0.25, 0.3) is 11.3 Å². The lowest BCUT2D eigenvalue weighted by molar-refractivity contribution is -0.393. The molecule has 1 aromatic heterocycles. The molecule has 3 rings (SSSR count). The van der Waals surface area contributed by atoms with E-state index >= 15 is 0 Å². The molecule has 0 saturated heterocycles. The maximum Gasteiger partial charge on any atom is 0.301 e. The SMILES string of the molecule is O=[N+]([O-])c1ccc(N/N=C\c2ccc(-c3ccc(Cl)cc3)o2)c([N+](=O)[O-])c1. The van der Waals surface area contributed by atoms with Gasteiger partial charge in [-0.3, -0.25) is 25.7 Å². The van der Waals surface area contributed by atoms with Gasteiger partial charge in [-0.15, -0.1) is 0 Å². The first-order chi connectivity index (χ1) is 12.9. The van der Waals surface area contributed by atoms with Crippen LogP contribution < -0.4 is 5.43 Å². The molecule has 27 heavy (non-hydrogen) atoms. The molecular weight excluding hydrogens is 376 g/mol. The Morgan fingerprint density at radius 1 is 1.00 bits per heavy atom. The van der Waals surface area contributed by atoms with Crippen LogP contribution in [0.2, 0.25) is 5.02 Å². The zero-order valence-corrected chi connectivity index (χ0v) is 14.3. The second-order valence-corrected chi connectivity index (χ2v) is 5.73. The van der Waals surface area contributed by atoms with Gasteiger partial charge in [0.15, 0.2) is 0 Å². The maximum atomic E-state index is 11.1. The number of furan rings is 1. The number of nitro benzene ring substituents is 2. The Labute approximate surface area is 157 Å². The highest BCUT2D eigenvalue weighted by molar-refractivity contribution is 6.30. The van der Waals surface area contributed by atoms with Gasteiger partial charge in [-0.1, -0.05) is 11.6 Å². The lowest BCUT2D eigenvalue weighted by Gasteiger charge is -2.01. The van der Waals surface area contributed by atoms with E-state index in [4.69, 9.17) is 16.0 Å². The first-order valence-corrected chi connectivity index (χ1v) is 7.89. The number of rotatable bonds is 6. The van der Waals surface area contributed by atoms with E-state index in [0.717, 1.165) is 17.7 Å². The molecule has 10 heteroatoms. The number of halogens is 1. The Kier molecular flexibility index (Phi) is 5.13. The summed E-state index contributed by atoms with van der Waals surface area (Å²) in [4.78, 5) is 20.4. The minimum Gasteiger partial charge on any atom is -0.455 e. The maximum absolute atomic E-state index is 11.1. The standard InChI is InChI=1S/C17H11ClN4O5/c18-12-3-1-11(2-4-12)17-8-6-14(27-17)10-19-20-15-7-5-13(21(23)24)9-16(15)22(25)26/h1-10,20H/b19-10-. The molecule has 1 N–H and O–H groups in total. The largest absolute Gasteiger partial charge is 0.455 e. The van der Waals surface area contributed by atoms with Crippen molar-refractivity contribution in [2.24, 2.45) is 5.10 Å². The molecule has 0 bridgehead atoms. The summed E-state index contributed by atoms with van der Waals surface area (Å²) in [6.45, 7) is 0. The van der Waals surface area contributed by atoms with Crippen LogP contribution in [0.3, 0.4) is 0 Å². The Morgan fingerprint density at radius 3 is 2.41 bits per heavy atom. The van der Waals surface area contributed by atoms with Crippen molar-refractivity contribution in [3.05, 3.63) is 85.6 Å². The first-order valence-electron chi connectivity index (χ1n) is 7.52. The van der Waals surface area contributed by atoms with E-state index in [0.29, 0.717) is 16.5 Å². The van der Waals surface area contributed by atoms with Gasteiger partial charge in [0.2, 0.25) is 0 Å². The summed E-state index contributed by atoms with van der Waals surface area (Å²) in [5.74, 6) is 1.02. The second-order valence-electron chi connectivity index (χ2n) is 5.29. The number of hydrazone groups is 1. The van der Waals surface area contributed by atoms with Gasteiger partial charge in [0.25, 0.3) is 5.69 Å². The van der Waals surface area contributed by atoms with Crippen LogP contribution in [0.5, 0.6) is 0 Å². The van der Waals surface area contributed by atoms with Crippen molar-refractivity contribution >= 4 is 34.9 Å². The molecule has 136 valence electrons. The van der Waals surface area contributed by atoms with Gasteiger partial charge in [0.05, 0.1) is 22.1 Å². The normalized spacial score (nSPS) is 10.9.